The van der Waals surface area contributed by atoms with Crippen molar-refractivity contribution in [1.82, 2.24) is 9.47 Å². The first kappa shape index (κ1) is 21.4. The summed E-state index contributed by atoms with van der Waals surface area (Å²) in [5.41, 5.74) is 2.04. The first-order valence-corrected chi connectivity index (χ1v) is 10.6. The third-order valence-corrected chi connectivity index (χ3v) is 5.68. The average molecular weight is 443 g/mol. The molecule has 7 heteroatoms. The minimum absolute atomic E-state index is 0.175. The van der Waals surface area contributed by atoms with E-state index in [1.807, 2.05) is 35.2 Å². The summed E-state index contributed by atoms with van der Waals surface area (Å²) in [6.07, 6.45) is 0.544. The molecule has 4 rings (SSSR count). The van der Waals surface area contributed by atoms with Gasteiger partial charge in [0.1, 0.15) is 28.8 Å². The molecule has 2 heterocycles. The predicted octanol–water partition coefficient (Wildman–Crippen LogP) is 5.00. The van der Waals surface area contributed by atoms with Crippen molar-refractivity contribution in [2.24, 2.45) is 0 Å². The summed E-state index contributed by atoms with van der Waals surface area (Å²) < 4.78 is 36.0. The zero-order chi connectivity index (χ0) is 22.3. The van der Waals surface area contributed by atoms with E-state index in [4.69, 9.17) is 17.0 Å². The minimum Gasteiger partial charge on any atom is -0.459 e. The van der Waals surface area contributed by atoms with Gasteiger partial charge in [0.2, 0.25) is 0 Å². The molecule has 1 aliphatic heterocycles. The van der Waals surface area contributed by atoms with Crippen LogP contribution in [0.3, 0.4) is 0 Å². The molecule has 162 valence electrons. The van der Waals surface area contributed by atoms with E-state index in [9.17, 15) is 13.6 Å². The lowest BCUT2D eigenvalue weighted by Crippen LogP contribution is -2.38. The highest BCUT2D eigenvalue weighted by molar-refractivity contribution is 7.80. The number of thiocarbonyl (C=S) groups is 1. The third kappa shape index (κ3) is 4.32. The second kappa shape index (κ2) is 8.04. The quantitative estimate of drug-likeness (QED) is 0.421. The van der Waals surface area contributed by atoms with Crippen molar-refractivity contribution in [3.05, 3.63) is 70.9 Å². The van der Waals surface area contributed by atoms with Crippen molar-refractivity contribution < 1.29 is 18.3 Å². The first-order valence-electron chi connectivity index (χ1n) is 10.2. The fourth-order valence-corrected chi connectivity index (χ4v) is 4.47. The van der Waals surface area contributed by atoms with Gasteiger partial charge < -0.3 is 14.2 Å². The lowest BCUT2D eigenvalue weighted by atomic mass is 10.0. The lowest BCUT2D eigenvalue weighted by molar-refractivity contribution is -0.155. The summed E-state index contributed by atoms with van der Waals surface area (Å²) in [4.78, 5) is 15.2. The van der Waals surface area contributed by atoms with Crippen LogP contribution in [0.4, 0.5) is 8.78 Å². The van der Waals surface area contributed by atoms with E-state index in [1.165, 1.54) is 6.07 Å². The first-order chi connectivity index (χ1) is 14.6. The molecular formula is C24H24F2N2O2S. The van der Waals surface area contributed by atoms with Crippen LogP contribution in [-0.4, -0.2) is 32.6 Å². The third-order valence-electron chi connectivity index (χ3n) is 5.23. The van der Waals surface area contributed by atoms with Crippen LogP contribution in [0.5, 0.6) is 0 Å². The number of aromatic nitrogens is 1. The van der Waals surface area contributed by atoms with Crippen molar-refractivity contribution >= 4 is 34.1 Å². The van der Waals surface area contributed by atoms with Crippen LogP contribution in [0.1, 0.15) is 37.6 Å². The maximum absolute atomic E-state index is 14.8. The summed E-state index contributed by atoms with van der Waals surface area (Å²) in [5.74, 6) is -1.83. The van der Waals surface area contributed by atoms with Gasteiger partial charge in [-0.1, -0.05) is 42.5 Å². The number of nitrogens with zero attached hydrogens (tertiary/aromatic N) is 2. The van der Waals surface area contributed by atoms with Gasteiger partial charge >= 0.3 is 5.97 Å². The second-order valence-electron chi connectivity index (χ2n) is 8.74. The number of hydrogen-bond donors (Lipinski definition) is 0. The molecule has 0 saturated carbocycles. The van der Waals surface area contributed by atoms with Crippen LogP contribution in [0.2, 0.25) is 0 Å². The SMILES string of the molecule is CC(C)(C)OC(=O)Cn1c2c(c3c(F)cc(F)cc31)CCN(Cc1ccccc1)C2=S. The highest BCUT2D eigenvalue weighted by Crippen LogP contribution is 2.34. The van der Waals surface area contributed by atoms with Gasteiger partial charge in [0.25, 0.3) is 0 Å². The lowest BCUT2D eigenvalue weighted by Gasteiger charge is -2.31. The molecule has 0 spiro atoms. The number of hydrogen-bond acceptors (Lipinski definition) is 3. The Morgan fingerprint density at radius 3 is 2.55 bits per heavy atom. The molecular weight excluding hydrogens is 418 g/mol. The summed E-state index contributed by atoms with van der Waals surface area (Å²) in [6.45, 7) is 6.37. The molecule has 3 aromatic rings. The number of ether oxygens (including phenoxy) is 1. The predicted molar refractivity (Wildman–Crippen MR) is 120 cm³/mol. The maximum atomic E-state index is 14.8. The largest absolute Gasteiger partial charge is 0.459 e. The minimum atomic E-state index is -0.697. The monoisotopic (exact) mass is 442 g/mol. The Hall–Kier alpha value is -2.80. The van der Waals surface area contributed by atoms with E-state index < -0.39 is 23.2 Å². The van der Waals surface area contributed by atoms with Gasteiger partial charge in [-0.25, -0.2) is 8.78 Å². The maximum Gasteiger partial charge on any atom is 0.326 e. The normalized spacial score (nSPS) is 14.1. The highest BCUT2D eigenvalue weighted by atomic mass is 32.1. The van der Waals surface area contributed by atoms with E-state index >= 15 is 0 Å². The number of benzene rings is 2. The molecule has 4 nitrogen and oxygen atoms in total. The topological polar surface area (TPSA) is 34.5 Å². The van der Waals surface area contributed by atoms with Crippen molar-refractivity contribution in [2.75, 3.05) is 6.54 Å². The Kier molecular flexibility index (Phi) is 5.56. The van der Waals surface area contributed by atoms with Gasteiger partial charge in [0.15, 0.2) is 0 Å². The second-order valence-corrected chi connectivity index (χ2v) is 9.13. The summed E-state index contributed by atoms with van der Waals surface area (Å²) in [5, 5.41) is 0.321. The molecule has 2 aromatic carbocycles. The van der Waals surface area contributed by atoms with E-state index in [1.54, 1.807) is 25.3 Å². The van der Waals surface area contributed by atoms with E-state index in [0.717, 1.165) is 11.6 Å². The van der Waals surface area contributed by atoms with Crippen LogP contribution in [0.25, 0.3) is 10.9 Å². The van der Waals surface area contributed by atoms with Crippen LogP contribution >= 0.6 is 12.2 Å². The fraction of sp³-hybridized carbons (Fsp3) is 0.333. The summed E-state index contributed by atoms with van der Waals surface area (Å²) >= 11 is 5.79. The van der Waals surface area contributed by atoms with E-state index in [2.05, 4.69) is 0 Å². The number of carbonyl (C=O) groups excluding carboxylic acids is 1. The number of rotatable bonds is 4. The molecule has 1 aliphatic rings. The Morgan fingerprint density at radius 2 is 1.87 bits per heavy atom. The van der Waals surface area contributed by atoms with Gasteiger partial charge in [-0.3, -0.25) is 4.79 Å². The number of halogens is 2. The fourth-order valence-electron chi connectivity index (χ4n) is 4.08. The molecule has 0 fully saturated rings. The average Bonchev–Trinajstić information content (AvgIpc) is 2.97. The van der Waals surface area contributed by atoms with E-state index in [0.29, 0.717) is 46.7 Å². The molecule has 0 saturated heterocycles. The number of esters is 1. The molecule has 31 heavy (non-hydrogen) atoms. The number of fused-ring (bicyclic) bond motifs is 3. The van der Waals surface area contributed by atoms with Crippen LogP contribution in [0, 0.1) is 11.6 Å². The van der Waals surface area contributed by atoms with Crippen molar-refractivity contribution in [3.63, 3.8) is 0 Å². The molecule has 0 unspecified atom stereocenters. The van der Waals surface area contributed by atoms with Gasteiger partial charge in [0.05, 0.1) is 11.2 Å². The van der Waals surface area contributed by atoms with Crippen molar-refractivity contribution in [2.45, 2.75) is 45.9 Å². The zero-order valence-corrected chi connectivity index (χ0v) is 18.6. The molecule has 1 aromatic heterocycles. The molecule has 0 amide bonds. The Morgan fingerprint density at radius 1 is 1.16 bits per heavy atom. The van der Waals surface area contributed by atoms with Crippen molar-refractivity contribution in [3.8, 4) is 0 Å². The molecule has 0 atom stereocenters. The van der Waals surface area contributed by atoms with Crippen LogP contribution in [-0.2, 0) is 29.0 Å². The van der Waals surface area contributed by atoms with Crippen LogP contribution in [0.15, 0.2) is 42.5 Å². The molecule has 0 bridgehead atoms. The van der Waals surface area contributed by atoms with Gasteiger partial charge in [0, 0.05) is 24.5 Å². The zero-order valence-electron chi connectivity index (χ0n) is 17.7. The summed E-state index contributed by atoms with van der Waals surface area (Å²) in [7, 11) is 0. The number of carbonyl (C=O) groups is 1. The Balaban J connectivity index is 1.79. The van der Waals surface area contributed by atoms with Crippen LogP contribution < -0.4 is 0 Å². The standard InChI is InChI=1S/C24H24F2N2O2S/c1-24(2,3)30-20(29)14-28-19-12-16(25)11-18(26)21(19)17-9-10-27(23(31)22(17)28)13-15-7-5-4-6-8-15/h4-8,11-12H,9-10,13-14H2,1-3H3. The van der Waals surface area contributed by atoms with E-state index in [-0.39, 0.29) is 6.54 Å². The summed E-state index contributed by atoms with van der Waals surface area (Å²) in [6, 6.07) is 12.0. The molecule has 0 N–H and O–H groups in total. The smallest absolute Gasteiger partial charge is 0.326 e. The Labute approximate surface area is 185 Å². The Bertz CT molecular complexity index is 1170. The van der Waals surface area contributed by atoms with Crippen molar-refractivity contribution in [1.29, 1.82) is 0 Å². The molecule has 0 radical (unpaired) electrons. The molecule has 0 aliphatic carbocycles. The van der Waals surface area contributed by atoms with Gasteiger partial charge in [-0.15, -0.1) is 0 Å². The van der Waals surface area contributed by atoms with Gasteiger partial charge in [-0.05, 0) is 44.4 Å². The van der Waals surface area contributed by atoms with Gasteiger partial charge in [-0.2, -0.15) is 0 Å². The highest BCUT2D eigenvalue weighted by Gasteiger charge is 2.31.